The second-order valence-electron chi connectivity index (χ2n) is 19.5. The van der Waals surface area contributed by atoms with Gasteiger partial charge in [-0.1, -0.05) is 67.6 Å². The second-order valence-corrected chi connectivity index (χ2v) is 23.0. The van der Waals surface area contributed by atoms with Gasteiger partial charge in [-0.2, -0.15) is 29.9 Å². The Morgan fingerprint density at radius 1 is 0.518 bits per heavy atom. The number of hydrogen-bond acceptors (Lipinski definition) is 23. The van der Waals surface area contributed by atoms with Crippen LogP contribution in [0.15, 0.2) is 107 Å². The van der Waals surface area contributed by atoms with Crippen LogP contribution in [0.3, 0.4) is 0 Å². The van der Waals surface area contributed by atoms with Gasteiger partial charge >= 0.3 is 0 Å². The van der Waals surface area contributed by atoms with Crippen LogP contribution in [-0.4, -0.2) is 197 Å². The van der Waals surface area contributed by atoms with Gasteiger partial charge in [-0.3, -0.25) is 4.90 Å². The van der Waals surface area contributed by atoms with E-state index in [2.05, 4.69) is 40.6 Å². The molecule has 4 aromatic carbocycles. The van der Waals surface area contributed by atoms with E-state index in [9.17, 15) is 32.2 Å². The zero-order chi connectivity index (χ0) is 58.3. The van der Waals surface area contributed by atoms with Crippen molar-refractivity contribution in [2.45, 2.75) is 42.5 Å². The molecule has 0 radical (unpaired) electrons. The molecule has 0 spiro atoms. The molecule has 2 aliphatic rings. The predicted octanol–water partition coefficient (Wildman–Crippen LogP) is 4.07. The average molecular weight is 1180 g/mol. The second kappa shape index (κ2) is 31.6. The maximum absolute atomic E-state index is 14.6. The van der Waals surface area contributed by atoms with Crippen LogP contribution in [0, 0.1) is 0 Å². The van der Waals surface area contributed by atoms with Crippen molar-refractivity contribution in [3.05, 3.63) is 114 Å². The number of hydrogen-bond donors (Lipinski definition) is 9. The topological polar surface area (TPSA) is 310 Å². The molecule has 2 aromatic heterocycles. The Kier molecular flexibility index (Phi) is 23.6. The molecule has 8 rings (SSSR count). The van der Waals surface area contributed by atoms with E-state index in [0.29, 0.717) is 127 Å². The fourth-order valence-corrected chi connectivity index (χ4v) is 11.8. The van der Waals surface area contributed by atoms with Crippen LogP contribution in [0.4, 0.5) is 52.5 Å². The van der Waals surface area contributed by atoms with Crippen molar-refractivity contribution in [2.75, 3.05) is 156 Å². The number of morpholine rings is 2. The van der Waals surface area contributed by atoms with Gasteiger partial charge in [-0.05, 0) is 98.6 Å². The molecular formula is C56H76N16O9S2. The summed E-state index contributed by atoms with van der Waals surface area (Å²) in [6, 6.07) is 28.6. The third-order valence-electron chi connectivity index (χ3n) is 13.4. The third kappa shape index (κ3) is 19.0. The van der Waals surface area contributed by atoms with E-state index >= 15 is 0 Å². The quantitative estimate of drug-likeness (QED) is 0.0207. The van der Waals surface area contributed by atoms with E-state index in [1.165, 1.54) is 12.1 Å². The molecule has 25 nitrogen and oxygen atoms in total. The number of aliphatic hydroxyl groups excluding tert-OH is 3. The first-order chi connectivity index (χ1) is 40.4. The van der Waals surface area contributed by atoms with Crippen LogP contribution in [0.25, 0.3) is 12.2 Å². The van der Waals surface area contributed by atoms with Crippen molar-refractivity contribution in [3.8, 4) is 0 Å². The summed E-state index contributed by atoms with van der Waals surface area (Å²) < 4.78 is 75.0. The SMILES string of the molecule is CCCN(CCO)CCCNS(=O)(=O)c1cc(Nc2nc(CNc3ccccc3)nc(N3CCOCC3)n2)ccc1C=Cc1ccc(Nc2nc(Nc3ccccc3)nc(N3CCOCC3)n2)cc1S(=O)(=O)NCCCN(CCO)CCO. The number of nitrogens with zero attached hydrogens (tertiary/aromatic N) is 10. The minimum Gasteiger partial charge on any atom is -0.395 e. The zero-order valence-corrected chi connectivity index (χ0v) is 48.4. The van der Waals surface area contributed by atoms with Crippen LogP contribution in [-0.2, 0) is 36.1 Å². The van der Waals surface area contributed by atoms with Gasteiger partial charge in [-0.25, -0.2) is 26.3 Å². The van der Waals surface area contributed by atoms with Crippen LogP contribution < -0.4 is 40.5 Å². The fraction of sp³-hybridized carbons (Fsp3) is 0.429. The molecule has 0 amide bonds. The van der Waals surface area contributed by atoms with Gasteiger partial charge in [0.1, 0.15) is 0 Å². The monoisotopic (exact) mass is 1180 g/mol. The molecule has 27 heteroatoms. The number of benzene rings is 4. The molecule has 2 fully saturated rings. The largest absolute Gasteiger partial charge is 0.395 e. The van der Waals surface area contributed by atoms with Gasteiger partial charge < -0.3 is 60.8 Å². The van der Waals surface area contributed by atoms with Crippen LogP contribution >= 0.6 is 0 Å². The molecule has 6 aromatic rings. The summed E-state index contributed by atoms with van der Waals surface area (Å²) >= 11 is 0. The molecule has 0 unspecified atom stereocenters. The van der Waals surface area contributed by atoms with E-state index < -0.39 is 20.0 Å². The minimum absolute atomic E-state index is 0.0155. The lowest BCUT2D eigenvalue weighted by Crippen LogP contribution is -2.37. The third-order valence-corrected chi connectivity index (χ3v) is 16.4. The smallest absolute Gasteiger partial charge is 0.241 e. The molecule has 4 heterocycles. The van der Waals surface area contributed by atoms with Gasteiger partial charge in [0, 0.05) is 81.7 Å². The summed E-state index contributed by atoms with van der Waals surface area (Å²) in [6.07, 6.45) is 4.82. The van der Waals surface area contributed by atoms with Crippen molar-refractivity contribution >= 4 is 84.7 Å². The lowest BCUT2D eigenvalue weighted by Gasteiger charge is -2.27. The highest BCUT2D eigenvalue weighted by molar-refractivity contribution is 7.89. The average Bonchev–Trinajstić information content (AvgIpc) is 3.58. The van der Waals surface area contributed by atoms with Crippen molar-refractivity contribution < 1.29 is 41.6 Å². The van der Waals surface area contributed by atoms with Crippen LogP contribution in [0.2, 0.25) is 0 Å². The van der Waals surface area contributed by atoms with E-state index in [4.69, 9.17) is 34.4 Å². The Bertz CT molecular complexity index is 3220. The Hall–Kier alpha value is -7.02. The number of rotatable bonds is 33. The normalized spacial score (nSPS) is 14.2. The summed E-state index contributed by atoms with van der Waals surface area (Å²) in [6.45, 7) is 9.22. The number of anilines is 9. The van der Waals surface area contributed by atoms with E-state index in [0.717, 1.165) is 24.3 Å². The zero-order valence-electron chi connectivity index (χ0n) is 46.7. The fourth-order valence-electron chi connectivity index (χ4n) is 9.20. The highest BCUT2D eigenvalue weighted by Crippen LogP contribution is 2.30. The molecule has 446 valence electrons. The molecule has 0 saturated carbocycles. The van der Waals surface area contributed by atoms with Gasteiger partial charge in [0.05, 0.1) is 62.6 Å². The van der Waals surface area contributed by atoms with Crippen molar-refractivity contribution in [2.24, 2.45) is 0 Å². The van der Waals surface area contributed by atoms with Gasteiger partial charge in [-0.15, -0.1) is 0 Å². The van der Waals surface area contributed by atoms with Crippen molar-refractivity contribution in [3.63, 3.8) is 0 Å². The predicted molar refractivity (Wildman–Crippen MR) is 322 cm³/mol. The summed E-state index contributed by atoms with van der Waals surface area (Å²) in [5.74, 6) is 1.87. The molecule has 0 bridgehead atoms. The summed E-state index contributed by atoms with van der Waals surface area (Å²) in [7, 11) is -8.55. The molecule has 83 heavy (non-hydrogen) atoms. The number of aliphatic hydroxyl groups is 3. The highest BCUT2D eigenvalue weighted by atomic mass is 32.2. The Morgan fingerprint density at radius 3 is 1.42 bits per heavy atom. The molecule has 2 saturated heterocycles. The maximum Gasteiger partial charge on any atom is 0.241 e. The first-order valence-corrected chi connectivity index (χ1v) is 30.9. The molecular weight excluding hydrogens is 1100 g/mol. The summed E-state index contributed by atoms with van der Waals surface area (Å²) in [4.78, 5) is 36.0. The van der Waals surface area contributed by atoms with Crippen molar-refractivity contribution in [1.82, 2.24) is 49.1 Å². The highest BCUT2D eigenvalue weighted by Gasteiger charge is 2.24. The Morgan fingerprint density at radius 2 is 0.952 bits per heavy atom. The van der Waals surface area contributed by atoms with Crippen molar-refractivity contribution in [1.29, 1.82) is 0 Å². The standard InChI is InChI=1S/C56H76N16O9S2/c1-2-23-69(26-33-73)24-9-21-58-82(76,77)49-40-47(61-52-63-51(42-57-45-11-5-3-6-12-45)64-55(66-52)71-29-36-80-37-30-71)19-17-43(49)15-16-44-18-20-48(41-50(44)83(78,79)59-22-10-25-70(27-34-74)28-35-75)62-54-65-53(60-46-13-7-4-8-14-46)67-56(68-54)72-31-38-81-39-32-72/h3-8,11-20,40-41,57-59,73-75H,2,9-10,21-39,42H2,1H3,(H,61,63,64,66)(H2,60,62,65,67,68). The van der Waals surface area contributed by atoms with Gasteiger partial charge in [0.2, 0.25) is 49.8 Å². The Balaban J connectivity index is 1.14. The number of aromatic nitrogens is 6. The first kappa shape index (κ1) is 62.0. The number of sulfonamides is 2. The van der Waals surface area contributed by atoms with Gasteiger partial charge in [0.15, 0.2) is 5.82 Å². The Labute approximate surface area is 485 Å². The minimum atomic E-state index is -4.29. The lowest BCUT2D eigenvalue weighted by atomic mass is 10.1. The molecule has 2 aliphatic heterocycles. The van der Waals surface area contributed by atoms with E-state index in [1.807, 2.05) is 82.3 Å². The number of para-hydroxylation sites is 2. The molecule has 9 N–H and O–H groups in total. The van der Waals surface area contributed by atoms with Crippen LogP contribution in [0.1, 0.15) is 43.1 Å². The van der Waals surface area contributed by atoms with E-state index in [-0.39, 0.29) is 78.2 Å². The number of ether oxygens (including phenoxy) is 2. The first-order valence-electron chi connectivity index (χ1n) is 28.0. The molecule has 0 atom stereocenters. The summed E-state index contributed by atoms with van der Waals surface area (Å²) in [5.41, 5.74) is 2.80. The van der Waals surface area contributed by atoms with E-state index in [1.54, 1.807) is 36.4 Å². The maximum atomic E-state index is 14.6. The lowest BCUT2D eigenvalue weighted by molar-refractivity contribution is 0.122. The van der Waals surface area contributed by atoms with Crippen LogP contribution in [0.5, 0.6) is 0 Å². The number of nitrogens with one attached hydrogen (secondary N) is 6. The summed E-state index contributed by atoms with van der Waals surface area (Å²) in [5, 5.41) is 41.8. The molecule has 0 aliphatic carbocycles. The van der Waals surface area contributed by atoms with Gasteiger partial charge in [0.25, 0.3) is 0 Å².